The second-order valence-electron chi connectivity index (χ2n) is 6.64. The molecule has 2 aromatic carbocycles. The second kappa shape index (κ2) is 7.86. The minimum Gasteiger partial charge on any atom is -0.497 e. The first kappa shape index (κ1) is 19.4. The molecule has 2 N–H and O–H groups in total. The van der Waals surface area contributed by atoms with E-state index in [1.165, 1.54) is 24.2 Å². The Labute approximate surface area is 172 Å². The van der Waals surface area contributed by atoms with Crippen LogP contribution < -0.4 is 20.1 Å². The molecule has 0 fully saturated rings. The molecule has 30 heavy (non-hydrogen) atoms. The van der Waals surface area contributed by atoms with E-state index in [9.17, 15) is 9.18 Å². The first-order valence-electron chi connectivity index (χ1n) is 9.18. The standard InChI is InChI=1S/C21H20FN5O3/c1-12-18(20(28)26-16-9-8-13(29-2)10-17(16)30-3)19(14-6-4-5-7-15(14)22)27-21(25-12)23-11-24-27/h4-11,19H,1-3H3,(H,26,28)(H,23,24,25)/t19-/m1/s1. The number of methoxy groups -OCH3 is 2. The van der Waals surface area contributed by atoms with Crippen LogP contribution in [0.1, 0.15) is 18.5 Å². The third-order valence-electron chi connectivity index (χ3n) is 4.90. The molecule has 2 heterocycles. The highest BCUT2D eigenvalue weighted by molar-refractivity contribution is 6.06. The molecule has 1 aliphatic rings. The Morgan fingerprint density at radius 2 is 2.00 bits per heavy atom. The molecule has 1 atom stereocenters. The number of carbonyl (C=O) groups is 1. The summed E-state index contributed by atoms with van der Waals surface area (Å²) in [7, 11) is 3.05. The number of nitrogens with one attached hydrogen (secondary N) is 2. The smallest absolute Gasteiger partial charge is 0.255 e. The predicted octanol–water partition coefficient (Wildman–Crippen LogP) is 3.36. The quantitative estimate of drug-likeness (QED) is 0.672. The van der Waals surface area contributed by atoms with E-state index in [2.05, 4.69) is 20.7 Å². The summed E-state index contributed by atoms with van der Waals surface area (Å²) in [6.45, 7) is 1.74. The average Bonchev–Trinajstić information content (AvgIpc) is 3.21. The van der Waals surface area contributed by atoms with Crippen molar-refractivity contribution in [2.45, 2.75) is 13.0 Å². The molecule has 1 amide bonds. The van der Waals surface area contributed by atoms with E-state index in [4.69, 9.17) is 9.47 Å². The highest BCUT2D eigenvalue weighted by atomic mass is 19.1. The van der Waals surface area contributed by atoms with Gasteiger partial charge in [-0.2, -0.15) is 10.1 Å². The third kappa shape index (κ3) is 3.34. The van der Waals surface area contributed by atoms with Gasteiger partial charge in [-0.3, -0.25) is 4.79 Å². The zero-order valence-electron chi connectivity index (χ0n) is 16.6. The first-order valence-corrected chi connectivity index (χ1v) is 9.18. The van der Waals surface area contributed by atoms with E-state index >= 15 is 0 Å². The van der Waals surface area contributed by atoms with Crippen molar-refractivity contribution in [3.8, 4) is 11.5 Å². The van der Waals surface area contributed by atoms with Gasteiger partial charge in [-0.05, 0) is 25.1 Å². The first-order chi connectivity index (χ1) is 14.5. The zero-order valence-corrected chi connectivity index (χ0v) is 16.6. The fourth-order valence-corrected chi connectivity index (χ4v) is 3.46. The van der Waals surface area contributed by atoms with Crippen molar-refractivity contribution in [3.63, 3.8) is 0 Å². The van der Waals surface area contributed by atoms with E-state index in [-0.39, 0.29) is 0 Å². The number of benzene rings is 2. The van der Waals surface area contributed by atoms with E-state index in [0.29, 0.717) is 40.0 Å². The van der Waals surface area contributed by atoms with Crippen LogP contribution in [0.3, 0.4) is 0 Å². The van der Waals surface area contributed by atoms with Crippen LogP contribution in [0, 0.1) is 5.82 Å². The predicted molar refractivity (Wildman–Crippen MR) is 109 cm³/mol. The number of fused-ring (bicyclic) bond motifs is 1. The number of nitrogens with zero attached hydrogens (tertiary/aromatic N) is 3. The Morgan fingerprint density at radius 1 is 1.20 bits per heavy atom. The van der Waals surface area contributed by atoms with Gasteiger partial charge < -0.3 is 20.1 Å². The summed E-state index contributed by atoms with van der Waals surface area (Å²) in [5.74, 6) is 0.604. The van der Waals surface area contributed by atoms with Crippen molar-refractivity contribution in [2.75, 3.05) is 24.9 Å². The van der Waals surface area contributed by atoms with Crippen LogP contribution in [0.25, 0.3) is 0 Å². The van der Waals surface area contributed by atoms with Crippen LogP contribution in [0.15, 0.2) is 60.1 Å². The molecule has 0 saturated heterocycles. The van der Waals surface area contributed by atoms with Crippen LogP contribution in [0.4, 0.5) is 16.0 Å². The number of hydrogen-bond donors (Lipinski definition) is 2. The van der Waals surface area contributed by atoms with Crippen LogP contribution in [-0.4, -0.2) is 34.9 Å². The number of halogens is 1. The highest BCUT2D eigenvalue weighted by Gasteiger charge is 2.35. The van der Waals surface area contributed by atoms with Gasteiger partial charge in [-0.1, -0.05) is 18.2 Å². The Morgan fingerprint density at radius 3 is 2.73 bits per heavy atom. The maximum absolute atomic E-state index is 14.7. The molecular formula is C21H20FN5O3. The number of ether oxygens (including phenoxy) is 2. The lowest BCUT2D eigenvalue weighted by molar-refractivity contribution is -0.113. The molecule has 3 aromatic rings. The summed E-state index contributed by atoms with van der Waals surface area (Å²) < 4.78 is 26.7. The summed E-state index contributed by atoms with van der Waals surface area (Å²) in [6.07, 6.45) is 1.36. The van der Waals surface area contributed by atoms with E-state index in [0.717, 1.165) is 0 Å². The van der Waals surface area contributed by atoms with Gasteiger partial charge in [0.15, 0.2) is 0 Å². The van der Waals surface area contributed by atoms with Crippen molar-refractivity contribution < 1.29 is 18.7 Å². The molecular weight excluding hydrogens is 389 g/mol. The fraction of sp³-hybridized carbons (Fsp3) is 0.190. The number of carbonyl (C=O) groups excluding carboxylic acids is 1. The number of amides is 1. The van der Waals surface area contributed by atoms with E-state index in [1.807, 2.05) is 0 Å². The molecule has 1 aliphatic heterocycles. The van der Waals surface area contributed by atoms with Gasteiger partial charge in [-0.25, -0.2) is 9.07 Å². The molecule has 0 saturated carbocycles. The number of anilines is 2. The molecule has 0 spiro atoms. The molecule has 154 valence electrons. The fourth-order valence-electron chi connectivity index (χ4n) is 3.46. The monoisotopic (exact) mass is 409 g/mol. The molecule has 9 heteroatoms. The summed E-state index contributed by atoms with van der Waals surface area (Å²) in [5, 5.41) is 10.1. The SMILES string of the molecule is COc1ccc(NC(=O)C2=C(C)Nc3ncnn3[C@@H]2c2ccccc2F)c(OC)c1. The van der Waals surface area contributed by atoms with Crippen LogP contribution in [0.5, 0.6) is 11.5 Å². The Bertz CT molecular complexity index is 1140. The minimum absolute atomic E-state index is 0.316. The van der Waals surface area contributed by atoms with Crippen molar-refractivity contribution in [3.05, 3.63) is 71.4 Å². The lowest BCUT2D eigenvalue weighted by Crippen LogP contribution is -2.32. The lowest BCUT2D eigenvalue weighted by Gasteiger charge is -2.29. The highest BCUT2D eigenvalue weighted by Crippen LogP contribution is 2.37. The Hall–Kier alpha value is -3.88. The number of allylic oxidation sites excluding steroid dienone is 1. The van der Waals surface area contributed by atoms with Gasteiger partial charge >= 0.3 is 0 Å². The molecule has 0 aliphatic carbocycles. The van der Waals surface area contributed by atoms with Crippen LogP contribution in [-0.2, 0) is 4.79 Å². The number of aromatic nitrogens is 3. The summed E-state index contributed by atoms with van der Waals surface area (Å²) >= 11 is 0. The molecule has 0 bridgehead atoms. The van der Waals surface area contributed by atoms with Crippen LogP contribution in [0.2, 0.25) is 0 Å². The zero-order chi connectivity index (χ0) is 21.3. The molecule has 0 unspecified atom stereocenters. The Balaban J connectivity index is 1.76. The van der Waals surface area contributed by atoms with Crippen molar-refractivity contribution in [2.24, 2.45) is 0 Å². The average molecular weight is 409 g/mol. The van der Waals surface area contributed by atoms with E-state index < -0.39 is 17.8 Å². The van der Waals surface area contributed by atoms with Gasteiger partial charge in [0.05, 0.1) is 25.5 Å². The van der Waals surface area contributed by atoms with Crippen molar-refractivity contribution in [1.29, 1.82) is 0 Å². The minimum atomic E-state index is -0.783. The van der Waals surface area contributed by atoms with Crippen molar-refractivity contribution in [1.82, 2.24) is 14.8 Å². The van der Waals surface area contributed by atoms with E-state index in [1.54, 1.807) is 50.4 Å². The molecule has 0 radical (unpaired) electrons. The normalized spacial score (nSPS) is 15.3. The van der Waals surface area contributed by atoms with Gasteiger partial charge in [0.25, 0.3) is 5.91 Å². The summed E-state index contributed by atoms with van der Waals surface area (Å²) in [4.78, 5) is 17.5. The third-order valence-corrected chi connectivity index (χ3v) is 4.90. The topological polar surface area (TPSA) is 90.3 Å². The Kier molecular flexibility index (Phi) is 5.09. The van der Waals surface area contributed by atoms with Crippen LogP contribution >= 0.6 is 0 Å². The van der Waals surface area contributed by atoms with Gasteiger partial charge in [-0.15, -0.1) is 0 Å². The summed E-state index contributed by atoms with van der Waals surface area (Å²) in [6, 6.07) is 10.6. The second-order valence-corrected chi connectivity index (χ2v) is 6.64. The molecule has 4 rings (SSSR count). The van der Waals surface area contributed by atoms with Crippen molar-refractivity contribution >= 4 is 17.5 Å². The maximum atomic E-state index is 14.7. The maximum Gasteiger partial charge on any atom is 0.255 e. The van der Waals surface area contributed by atoms with Gasteiger partial charge in [0.2, 0.25) is 5.95 Å². The number of hydrogen-bond acceptors (Lipinski definition) is 6. The molecule has 8 nitrogen and oxygen atoms in total. The van der Waals surface area contributed by atoms with Gasteiger partial charge in [0, 0.05) is 17.3 Å². The summed E-state index contributed by atoms with van der Waals surface area (Å²) in [5.41, 5.74) is 1.64. The lowest BCUT2D eigenvalue weighted by atomic mass is 9.94. The molecule has 1 aromatic heterocycles. The largest absolute Gasteiger partial charge is 0.497 e. The van der Waals surface area contributed by atoms with Gasteiger partial charge in [0.1, 0.15) is 29.7 Å². The number of rotatable bonds is 5.